The number of amides is 2. The average Bonchev–Trinajstić information content (AvgIpc) is 1.77. The monoisotopic (exact) mass is 1630 g/mol. The second-order valence-corrected chi connectivity index (χ2v) is 29.5. The summed E-state index contributed by atoms with van der Waals surface area (Å²) in [5.41, 5.74) is 1.30. The fraction of sp³-hybridized carbons (Fsp3) is 0.608. The molecule has 2 saturated heterocycles. The number of rotatable bonds is 21. The lowest BCUT2D eigenvalue weighted by Crippen LogP contribution is -2.64. The summed E-state index contributed by atoms with van der Waals surface area (Å²) in [7, 11) is 8.75. The summed E-state index contributed by atoms with van der Waals surface area (Å²) in [5.74, 6) is -12.7. The van der Waals surface area contributed by atoms with Gasteiger partial charge in [-0.3, -0.25) is 24.0 Å². The van der Waals surface area contributed by atoms with E-state index in [-0.39, 0.29) is 50.0 Å². The van der Waals surface area contributed by atoms with E-state index in [1.54, 1.807) is 129 Å². The Labute approximate surface area is 667 Å². The van der Waals surface area contributed by atoms with E-state index in [1.807, 2.05) is 38.9 Å². The summed E-state index contributed by atoms with van der Waals surface area (Å²) in [6.07, 6.45) is -3.37. The van der Waals surface area contributed by atoms with Gasteiger partial charge in [-0.2, -0.15) is 0 Å². The molecule has 21 N–H and O–H groups in total. The third-order valence-corrected chi connectivity index (χ3v) is 18.9. The summed E-state index contributed by atoms with van der Waals surface area (Å²) in [4.78, 5) is 90.9. The molecular weight excluding hydrogens is 1510 g/mol. The first-order valence-electron chi connectivity index (χ1n) is 37.9. The van der Waals surface area contributed by atoms with Crippen molar-refractivity contribution < 1.29 is 154 Å². The number of carbonyl (C=O) groups excluding carboxylic acids is 7. The third-order valence-electron chi connectivity index (χ3n) is 18.9. The molecule has 2 bridgehead atoms. The van der Waals surface area contributed by atoms with Crippen molar-refractivity contribution in [1.82, 2.24) is 20.4 Å². The zero-order chi connectivity index (χ0) is 86.0. The van der Waals surface area contributed by atoms with Crippen molar-refractivity contribution in [1.29, 1.82) is 0 Å². The molecule has 2 amide bonds. The summed E-state index contributed by atoms with van der Waals surface area (Å²) >= 11 is 0. The molecule has 5 heterocycles. The molecule has 2 fully saturated rings. The highest BCUT2D eigenvalue weighted by molar-refractivity contribution is 5.96. The van der Waals surface area contributed by atoms with Gasteiger partial charge in [0.15, 0.2) is 41.6 Å². The van der Waals surface area contributed by atoms with Gasteiger partial charge in [-0.25, -0.2) is 9.59 Å². The molecule has 1 aromatic carbocycles. The number of esters is 3. The van der Waals surface area contributed by atoms with E-state index in [4.69, 9.17) is 59.8 Å². The molecule has 115 heavy (non-hydrogen) atoms. The van der Waals surface area contributed by atoms with Crippen LogP contribution in [0.2, 0.25) is 0 Å². The molecule has 0 saturated carbocycles. The summed E-state index contributed by atoms with van der Waals surface area (Å²) in [5, 5.41) is 191. The number of likely N-dealkylation sites (N-methyl/N-ethyl adjacent to an activating group) is 2. The van der Waals surface area contributed by atoms with E-state index in [1.165, 1.54) is 6.92 Å². The first kappa shape index (κ1) is 99.2. The zero-order valence-electron chi connectivity index (χ0n) is 65.9. The Kier molecular flexibility index (Phi) is 42.9. The van der Waals surface area contributed by atoms with E-state index in [2.05, 4.69) is 25.4 Å². The smallest absolute Gasteiger partial charge is 0.377 e. The zero-order valence-corrected chi connectivity index (χ0v) is 65.9. The fourth-order valence-corrected chi connectivity index (χ4v) is 12.9. The SMILES string of the molecule is CNc1ccc(C(=O)CC(O)CC[C@H](C)[C@H]2OC(=O)C[C@H](O)CC(=O)CC(O)CC(O)CC(O)CC(O)C[C@]3(O)C[C@H](O)[C@@H](C(=O)NCCN(C)C)[C@H](C[C@@H](O[C@@H]4OC(C)[C@@H](O)[C@H](NC(=O)CN(C)C)[C@@H]4O)/C=C/C=C/C=C/C=C/C=C/C=C/C=C/[C@@H]2C)O3)cc1.O=C1O[C@H]([C@@H](O)CO)C(O)=C1O.O=C1O[C@H]([C@@H](O)CO)C(O)=C1O. The van der Waals surface area contributed by atoms with Gasteiger partial charge in [0, 0.05) is 75.8 Å². The van der Waals surface area contributed by atoms with Gasteiger partial charge in [-0.05, 0) is 97.4 Å². The van der Waals surface area contributed by atoms with Crippen molar-refractivity contribution in [3.63, 3.8) is 0 Å². The minimum absolute atomic E-state index is 0.0513. The van der Waals surface area contributed by atoms with Crippen molar-refractivity contribution in [2.45, 2.75) is 220 Å². The van der Waals surface area contributed by atoms with Crippen LogP contribution in [0.4, 0.5) is 5.69 Å². The van der Waals surface area contributed by atoms with Gasteiger partial charge in [0.1, 0.15) is 36.3 Å². The van der Waals surface area contributed by atoms with Crippen LogP contribution in [-0.4, -0.2) is 333 Å². The van der Waals surface area contributed by atoms with Gasteiger partial charge in [-0.15, -0.1) is 0 Å². The number of carbonyl (C=O) groups is 7. The molecule has 6 rings (SSSR count). The summed E-state index contributed by atoms with van der Waals surface area (Å²) in [6, 6.07) is 5.68. The Hall–Kier alpha value is -8.19. The minimum atomic E-state index is -2.32. The Balaban J connectivity index is 0.000000979. The van der Waals surface area contributed by atoms with Gasteiger partial charge in [0.2, 0.25) is 23.3 Å². The van der Waals surface area contributed by atoms with Gasteiger partial charge in [0.05, 0.1) is 99.2 Å². The van der Waals surface area contributed by atoms with E-state index >= 15 is 0 Å². The molecule has 23 atom stereocenters. The van der Waals surface area contributed by atoms with Gasteiger partial charge in [-0.1, -0.05) is 98.9 Å². The highest BCUT2D eigenvalue weighted by atomic mass is 16.7. The molecule has 36 heteroatoms. The van der Waals surface area contributed by atoms with Crippen LogP contribution in [0.25, 0.3) is 0 Å². The number of allylic oxidation sites excluding steroid dienone is 12. The number of anilines is 1. The Morgan fingerprint density at radius 1 is 0.626 bits per heavy atom. The van der Waals surface area contributed by atoms with E-state index in [0.29, 0.717) is 18.5 Å². The molecule has 6 unspecified atom stereocenters. The lowest BCUT2D eigenvalue weighted by molar-refractivity contribution is -0.307. The molecule has 5 aliphatic rings. The number of fused-ring (bicyclic) bond motifs is 2. The van der Waals surface area contributed by atoms with E-state index in [0.717, 1.165) is 5.69 Å². The number of hydrogen-bond donors (Lipinski definition) is 21. The largest absolute Gasteiger partial charge is 0.505 e. The van der Waals surface area contributed by atoms with Crippen LogP contribution in [0.5, 0.6) is 0 Å². The first-order chi connectivity index (χ1) is 54.2. The molecule has 36 nitrogen and oxygen atoms in total. The van der Waals surface area contributed by atoms with Crippen molar-refractivity contribution in [2.75, 3.05) is 73.4 Å². The van der Waals surface area contributed by atoms with Gasteiger partial charge >= 0.3 is 17.9 Å². The van der Waals surface area contributed by atoms with Crippen LogP contribution in [0.1, 0.15) is 108 Å². The topological polar surface area (TPSA) is 582 Å². The van der Waals surface area contributed by atoms with E-state index < -0.39 is 251 Å². The van der Waals surface area contributed by atoms with Gasteiger partial charge < -0.3 is 146 Å². The van der Waals surface area contributed by atoms with Crippen molar-refractivity contribution in [2.24, 2.45) is 17.8 Å². The Bertz CT molecular complexity index is 3480. The molecule has 0 aliphatic carbocycles. The maximum Gasteiger partial charge on any atom is 0.377 e. The van der Waals surface area contributed by atoms with Crippen LogP contribution >= 0.6 is 0 Å². The average molecular weight is 1630 g/mol. The van der Waals surface area contributed by atoms with Crippen LogP contribution in [0.3, 0.4) is 0 Å². The number of hydrogen-bond acceptors (Lipinski definition) is 34. The van der Waals surface area contributed by atoms with Crippen molar-refractivity contribution >= 4 is 47.0 Å². The van der Waals surface area contributed by atoms with Crippen LogP contribution in [-0.2, 0) is 57.2 Å². The number of benzene rings is 1. The van der Waals surface area contributed by atoms with Crippen molar-refractivity contribution in [3.8, 4) is 0 Å². The number of nitrogens with zero attached hydrogens (tertiary/aromatic N) is 2. The molecular formula is C79H119N5O31. The third kappa shape index (κ3) is 34.1. The highest BCUT2D eigenvalue weighted by Gasteiger charge is 2.52. The van der Waals surface area contributed by atoms with Crippen LogP contribution in [0, 0.1) is 17.8 Å². The number of cyclic esters (lactones) is 3. The number of ether oxygens (including phenoxy) is 6. The molecule has 5 aliphatic heterocycles. The minimum Gasteiger partial charge on any atom is -0.505 e. The fourth-order valence-electron chi connectivity index (χ4n) is 12.9. The second kappa shape index (κ2) is 49.8. The molecule has 0 radical (unpaired) electrons. The number of Topliss-reactive ketones (excluding diaryl/α,β-unsaturated/α-hetero) is 2. The second-order valence-electron chi connectivity index (χ2n) is 29.5. The molecule has 0 aromatic heterocycles. The predicted molar refractivity (Wildman–Crippen MR) is 412 cm³/mol. The predicted octanol–water partition coefficient (Wildman–Crippen LogP) is -0.757. The molecule has 1 aromatic rings. The lowest BCUT2D eigenvalue weighted by atomic mass is 9.82. The van der Waals surface area contributed by atoms with Gasteiger partial charge in [0.25, 0.3) is 0 Å². The standard InChI is InChI=1S/C67H103N5O19.2C6H8O6/c1-42-21-19-17-15-13-11-9-10-12-14-16-18-20-22-54(89-66-63(85)61(62(84)44(3)88-66)70-58(82)41-72(7)8)38-57-60(65(86)69-29-30-71(5)6)56(81)40-67(87,91-57)39-53(79)35-51(77)33-49(75)31-48(74)32-50(76)34-52(78)37-59(83)90-64(42)43(2)23-28-47(73)36-55(80)45-24-26-46(68-4)27-25-45;2*7-1-2(8)5-3(9)4(10)6(11)12-5/h9-22,24-27,42-44,47-49,51-54,56-57,60-64,66,68,73-75,77-79,81,84-85,87H,23,28-41H2,1-8H3,(H,69,86)(H,70,82);2*2,5,7-10H,1H2/b10-9+,13-11+,14-12+,17-15+,18-16+,21-19+,22-20+;;/t42-,43-,44?,47?,48?,49?,51?,52+,53?,54-,56-,57-,60+,61-,62+,63-,64-,66-,67+;2*2-,5+/m000/s1. The normalized spacial score (nSPS) is 33.0. The van der Waals surface area contributed by atoms with Crippen molar-refractivity contribution in [3.05, 3.63) is 138 Å². The summed E-state index contributed by atoms with van der Waals surface area (Å²) < 4.78 is 33.3. The number of nitrogens with one attached hydrogen (secondary N) is 3. The van der Waals surface area contributed by atoms with Crippen LogP contribution < -0.4 is 16.0 Å². The van der Waals surface area contributed by atoms with Crippen LogP contribution in [0.15, 0.2) is 132 Å². The highest BCUT2D eigenvalue weighted by Crippen LogP contribution is 2.39. The molecule has 0 spiro atoms. The lowest BCUT2D eigenvalue weighted by Gasteiger charge is -2.46. The maximum atomic E-state index is 14.0. The summed E-state index contributed by atoms with van der Waals surface area (Å²) in [6.45, 7) is 4.47. The first-order valence-corrected chi connectivity index (χ1v) is 37.9. The number of ketones is 2. The quantitative estimate of drug-likeness (QED) is 0.0409. The number of aliphatic hydroxyl groups excluding tert-OH is 17. The number of aliphatic hydroxyl groups is 18. The van der Waals surface area contributed by atoms with E-state index in [9.17, 15) is 84.6 Å². The maximum absolute atomic E-state index is 14.0. The molecule has 646 valence electrons. The Morgan fingerprint density at radius 2 is 1.14 bits per heavy atom. The Morgan fingerprint density at radius 3 is 1.64 bits per heavy atom.